The predicted octanol–water partition coefficient (Wildman–Crippen LogP) is 1.17. The number of carbonyl (C=O) groups excluding carboxylic acids is 1. The van der Waals surface area contributed by atoms with Gasteiger partial charge < -0.3 is 10.4 Å². The number of hydrogen-bond donors (Lipinski definition) is 2. The van der Waals surface area contributed by atoms with Crippen LogP contribution in [0.25, 0.3) is 0 Å². The second kappa shape index (κ2) is 5.97. The molecule has 0 unspecified atom stereocenters. The van der Waals surface area contributed by atoms with Gasteiger partial charge in [0.25, 0.3) is 0 Å². The summed E-state index contributed by atoms with van der Waals surface area (Å²) >= 11 is 0. The Hall–Kier alpha value is -0.570. The number of amides is 1. The maximum atomic E-state index is 11.3. The molecule has 0 saturated carbocycles. The molecular weight excluding hydrogens is 166 g/mol. The SMILES string of the molecule is CC(C)C[C@@H](CO)NC(=O)C(C)C. The van der Waals surface area contributed by atoms with Gasteiger partial charge in [-0.3, -0.25) is 4.79 Å². The normalized spacial score (nSPS) is 13.5. The van der Waals surface area contributed by atoms with Crippen molar-refractivity contribution in [1.29, 1.82) is 0 Å². The Kier molecular flexibility index (Phi) is 5.71. The fourth-order valence-electron chi connectivity index (χ4n) is 1.12. The molecule has 0 aromatic heterocycles. The molecule has 0 aromatic carbocycles. The van der Waals surface area contributed by atoms with E-state index in [1.165, 1.54) is 0 Å². The van der Waals surface area contributed by atoms with Gasteiger partial charge in [-0.05, 0) is 12.3 Å². The fraction of sp³-hybridized carbons (Fsp3) is 0.900. The number of nitrogens with one attached hydrogen (secondary N) is 1. The van der Waals surface area contributed by atoms with Crippen molar-refractivity contribution in [3.8, 4) is 0 Å². The Morgan fingerprint density at radius 2 is 1.85 bits per heavy atom. The second-order valence-electron chi connectivity index (χ2n) is 4.17. The predicted molar refractivity (Wildman–Crippen MR) is 53.3 cm³/mol. The molecule has 2 N–H and O–H groups in total. The van der Waals surface area contributed by atoms with Crippen LogP contribution in [0.4, 0.5) is 0 Å². The quantitative estimate of drug-likeness (QED) is 0.678. The molecule has 3 nitrogen and oxygen atoms in total. The molecule has 0 saturated heterocycles. The highest BCUT2D eigenvalue weighted by Gasteiger charge is 2.14. The summed E-state index contributed by atoms with van der Waals surface area (Å²) < 4.78 is 0. The van der Waals surface area contributed by atoms with Crippen LogP contribution in [-0.2, 0) is 4.79 Å². The summed E-state index contributed by atoms with van der Waals surface area (Å²) in [5.74, 6) is 0.491. The van der Waals surface area contributed by atoms with Gasteiger partial charge in [-0.15, -0.1) is 0 Å². The molecule has 0 rings (SSSR count). The van der Waals surface area contributed by atoms with E-state index in [2.05, 4.69) is 19.2 Å². The minimum Gasteiger partial charge on any atom is -0.394 e. The molecule has 1 atom stereocenters. The molecule has 78 valence electrons. The zero-order chi connectivity index (χ0) is 10.4. The average Bonchev–Trinajstić information content (AvgIpc) is 2.02. The minimum atomic E-state index is -0.0881. The van der Waals surface area contributed by atoms with Crippen molar-refractivity contribution < 1.29 is 9.90 Å². The van der Waals surface area contributed by atoms with Gasteiger partial charge in [0.1, 0.15) is 0 Å². The summed E-state index contributed by atoms with van der Waals surface area (Å²) in [7, 11) is 0. The van der Waals surface area contributed by atoms with E-state index in [0.29, 0.717) is 5.92 Å². The van der Waals surface area contributed by atoms with E-state index in [4.69, 9.17) is 5.11 Å². The number of carbonyl (C=O) groups is 1. The van der Waals surface area contributed by atoms with Crippen LogP contribution in [0.2, 0.25) is 0 Å². The van der Waals surface area contributed by atoms with Crippen molar-refractivity contribution in [3.63, 3.8) is 0 Å². The molecule has 0 aliphatic rings. The number of rotatable bonds is 5. The van der Waals surface area contributed by atoms with Crippen LogP contribution in [-0.4, -0.2) is 23.7 Å². The average molecular weight is 187 g/mol. The van der Waals surface area contributed by atoms with Gasteiger partial charge >= 0.3 is 0 Å². The molecule has 1 amide bonds. The summed E-state index contributed by atoms with van der Waals surface area (Å²) in [4.78, 5) is 11.3. The molecule has 0 spiro atoms. The van der Waals surface area contributed by atoms with Crippen LogP contribution in [0, 0.1) is 11.8 Å². The zero-order valence-corrected chi connectivity index (χ0v) is 9.00. The third-order valence-corrected chi connectivity index (χ3v) is 1.85. The Morgan fingerprint density at radius 3 is 2.15 bits per heavy atom. The Labute approximate surface area is 80.5 Å². The summed E-state index contributed by atoms with van der Waals surface area (Å²) in [6, 6.07) is -0.0881. The van der Waals surface area contributed by atoms with Gasteiger partial charge in [0.2, 0.25) is 5.91 Å². The highest BCUT2D eigenvalue weighted by atomic mass is 16.3. The van der Waals surface area contributed by atoms with Crippen LogP contribution >= 0.6 is 0 Å². The summed E-state index contributed by atoms with van der Waals surface area (Å²) in [6.45, 7) is 7.86. The van der Waals surface area contributed by atoms with E-state index in [9.17, 15) is 4.79 Å². The summed E-state index contributed by atoms with van der Waals surface area (Å²) in [5.41, 5.74) is 0. The Bertz CT molecular complexity index is 155. The highest BCUT2D eigenvalue weighted by molar-refractivity contribution is 5.78. The maximum absolute atomic E-state index is 11.3. The fourth-order valence-corrected chi connectivity index (χ4v) is 1.12. The van der Waals surface area contributed by atoms with Crippen LogP contribution in [0.3, 0.4) is 0 Å². The highest BCUT2D eigenvalue weighted by Crippen LogP contribution is 2.05. The number of aliphatic hydroxyl groups excluding tert-OH is 1. The molecule has 0 fully saturated rings. The first-order valence-corrected chi connectivity index (χ1v) is 4.88. The second-order valence-corrected chi connectivity index (χ2v) is 4.17. The van der Waals surface area contributed by atoms with E-state index < -0.39 is 0 Å². The summed E-state index contributed by atoms with van der Waals surface area (Å²) in [5, 5.41) is 11.8. The number of aliphatic hydroxyl groups is 1. The first-order valence-electron chi connectivity index (χ1n) is 4.88. The molecule has 0 bridgehead atoms. The molecular formula is C10H21NO2. The lowest BCUT2D eigenvalue weighted by Gasteiger charge is -2.19. The minimum absolute atomic E-state index is 0.0128. The van der Waals surface area contributed by atoms with Gasteiger partial charge in [-0.25, -0.2) is 0 Å². The Balaban J connectivity index is 3.90. The van der Waals surface area contributed by atoms with Gasteiger partial charge in [0.05, 0.1) is 12.6 Å². The maximum Gasteiger partial charge on any atom is 0.222 e. The smallest absolute Gasteiger partial charge is 0.222 e. The zero-order valence-electron chi connectivity index (χ0n) is 9.00. The van der Waals surface area contributed by atoms with Crippen LogP contribution in [0.5, 0.6) is 0 Å². The van der Waals surface area contributed by atoms with Crippen LogP contribution in [0.1, 0.15) is 34.1 Å². The van der Waals surface area contributed by atoms with Crippen molar-refractivity contribution in [2.75, 3.05) is 6.61 Å². The lowest BCUT2D eigenvalue weighted by molar-refractivity contribution is -0.125. The van der Waals surface area contributed by atoms with Gasteiger partial charge in [0, 0.05) is 5.92 Å². The van der Waals surface area contributed by atoms with E-state index in [-0.39, 0.29) is 24.5 Å². The lowest BCUT2D eigenvalue weighted by atomic mass is 10.0. The molecule has 0 heterocycles. The van der Waals surface area contributed by atoms with Crippen LogP contribution in [0.15, 0.2) is 0 Å². The van der Waals surface area contributed by atoms with E-state index >= 15 is 0 Å². The monoisotopic (exact) mass is 187 g/mol. The standard InChI is InChI=1S/C10H21NO2/c1-7(2)5-9(6-12)11-10(13)8(3)4/h7-9,12H,5-6H2,1-4H3,(H,11,13)/t9-/m0/s1. The largest absolute Gasteiger partial charge is 0.394 e. The van der Waals surface area contributed by atoms with E-state index in [1.54, 1.807) is 0 Å². The summed E-state index contributed by atoms with van der Waals surface area (Å²) in [6.07, 6.45) is 0.828. The Morgan fingerprint density at radius 1 is 1.31 bits per heavy atom. The molecule has 13 heavy (non-hydrogen) atoms. The van der Waals surface area contributed by atoms with Crippen molar-refractivity contribution in [2.24, 2.45) is 11.8 Å². The first-order chi connectivity index (χ1) is 5.97. The third-order valence-electron chi connectivity index (χ3n) is 1.85. The third kappa shape index (κ3) is 5.64. The van der Waals surface area contributed by atoms with Gasteiger partial charge in [-0.2, -0.15) is 0 Å². The van der Waals surface area contributed by atoms with E-state index in [0.717, 1.165) is 6.42 Å². The van der Waals surface area contributed by atoms with Gasteiger partial charge in [0.15, 0.2) is 0 Å². The molecule has 0 radical (unpaired) electrons. The van der Waals surface area contributed by atoms with Gasteiger partial charge in [-0.1, -0.05) is 27.7 Å². The van der Waals surface area contributed by atoms with Crippen molar-refractivity contribution in [1.82, 2.24) is 5.32 Å². The number of hydrogen-bond acceptors (Lipinski definition) is 2. The first kappa shape index (κ1) is 12.4. The van der Waals surface area contributed by atoms with Crippen molar-refractivity contribution in [2.45, 2.75) is 40.2 Å². The molecule has 0 aromatic rings. The van der Waals surface area contributed by atoms with E-state index in [1.807, 2.05) is 13.8 Å². The molecule has 0 aliphatic heterocycles. The topological polar surface area (TPSA) is 49.3 Å². The molecule has 3 heteroatoms. The van der Waals surface area contributed by atoms with Crippen LogP contribution < -0.4 is 5.32 Å². The molecule has 0 aliphatic carbocycles. The van der Waals surface area contributed by atoms with Crippen molar-refractivity contribution >= 4 is 5.91 Å². The van der Waals surface area contributed by atoms with Crippen molar-refractivity contribution in [3.05, 3.63) is 0 Å². The lowest BCUT2D eigenvalue weighted by Crippen LogP contribution is -2.40.